The Morgan fingerprint density at radius 3 is 2.56 bits per heavy atom. The van der Waals surface area contributed by atoms with Gasteiger partial charge in [-0.3, -0.25) is 0 Å². The fraction of sp³-hybridized carbons (Fsp3) is 0.750. The highest BCUT2D eigenvalue weighted by Crippen LogP contribution is 1.91. The first-order valence-electron chi connectivity index (χ1n) is 3.64. The van der Waals surface area contributed by atoms with E-state index in [-0.39, 0.29) is 0 Å². The third kappa shape index (κ3) is 5.41. The van der Waals surface area contributed by atoms with Gasteiger partial charge in [0.15, 0.2) is 0 Å². The summed E-state index contributed by atoms with van der Waals surface area (Å²) in [4.78, 5) is 2.21. The lowest BCUT2D eigenvalue weighted by molar-refractivity contribution is 0.441. The lowest BCUT2D eigenvalue weighted by Gasteiger charge is -2.11. The van der Waals surface area contributed by atoms with Crippen LogP contribution in [0, 0.1) is 0 Å². The first-order valence-corrected chi connectivity index (χ1v) is 3.64. The van der Waals surface area contributed by atoms with E-state index in [1.807, 2.05) is 6.92 Å². The second kappa shape index (κ2) is 5.67. The molecule has 0 heterocycles. The van der Waals surface area contributed by atoms with Gasteiger partial charge in [0.25, 0.3) is 0 Å². The second-order valence-corrected chi connectivity index (χ2v) is 2.32. The standard InChI is InChI=1S/C8H17N/c1-4-6-8-9(3)7-5-2/h5,7H,4,6,8H2,1-3H3/b7-5-. The van der Waals surface area contributed by atoms with Crippen LogP contribution in [-0.4, -0.2) is 18.5 Å². The monoisotopic (exact) mass is 127 g/mol. The summed E-state index contributed by atoms with van der Waals surface area (Å²) in [5.41, 5.74) is 0. The normalized spacial score (nSPS) is 10.6. The van der Waals surface area contributed by atoms with Gasteiger partial charge in [-0.05, 0) is 19.5 Å². The summed E-state index contributed by atoms with van der Waals surface area (Å²) in [6, 6.07) is 0. The fourth-order valence-electron chi connectivity index (χ4n) is 0.737. The van der Waals surface area contributed by atoms with Gasteiger partial charge in [0.1, 0.15) is 0 Å². The van der Waals surface area contributed by atoms with Crippen LogP contribution in [0.3, 0.4) is 0 Å². The average Bonchev–Trinajstić information content (AvgIpc) is 1.85. The smallest absolute Gasteiger partial charge is 0.0169 e. The SMILES string of the molecule is C/C=C\N(C)CCCC. The molecule has 1 heteroatoms. The lowest BCUT2D eigenvalue weighted by Crippen LogP contribution is -2.11. The Hall–Kier alpha value is -0.460. The molecule has 9 heavy (non-hydrogen) atoms. The number of hydrogen-bond acceptors (Lipinski definition) is 1. The minimum Gasteiger partial charge on any atom is -0.381 e. The predicted molar refractivity (Wildman–Crippen MR) is 42.4 cm³/mol. The maximum atomic E-state index is 2.21. The quantitative estimate of drug-likeness (QED) is 0.560. The van der Waals surface area contributed by atoms with Crippen molar-refractivity contribution in [1.29, 1.82) is 0 Å². The van der Waals surface area contributed by atoms with E-state index in [1.54, 1.807) is 0 Å². The van der Waals surface area contributed by atoms with Crippen LogP contribution in [0.1, 0.15) is 26.7 Å². The molecule has 0 aliphatic heterocycles. The lowest BCUT2D eigenvalue weighted by atomic mass is 10.3. The second-order valence-electron chi connectivity index (χ2n) is 2.32. The molecule has 0 amide bonds. The van der Waals surface area contributed by atoms with Gasteiger partial charge in [-0.15, -0.1) is 0 Å². The van der Waals surface area contributed by atoms with Crippen molar-refractivity contribution in [3.63, 3.8) is 0 Å². The van der Waals surface area contributed by atoms with Gasteiger partial charge < -0.3 is 4.90 Å². The summed E-state index contributed by atoms with van der Waals surface area (Å²) in [5.74, 6) is 0. The summed E-state index contributed by atoms with van der Waals surface area (Å²) in [6.07, 6.45) is 6.74. The molecular weight excluding hydrogens is 110 g/mol. The molecule has 0 N–H and O–H groups in total. The van der Waals surface area contributed by atoms with E-state index < -0.39 is 0 Å². The van der Waals surface area contributed by atoms with Gasteiger partial charge in [-0.25, -0.2) is 0 Å². The minimum atomic E-state index is 1.18. The largest absolute Gasteiger partial charge is 0.381 e. The van der Waals surface area contributed by atoms with Crippen LogP contribution in [0.5, 0.6) is 0 Å². The summed E-state index contributed by atoms with van der Waals surface area (Å²) in [6.45, 7) is 5.44. The third-order valence-electron chi connectivity index (χ3n) is 1.27. The number of rotatable bonds is 4. The van der Waals surface area contributed by atoms with Gasteiger partial charge in [0.2, 0.25) is 0 Å². The first-order chi connectivity index (χ1) is 4.31. The molecule has 0 radical (unpaired) electrons. The van der Waals surface area contributed by atoms with E-state index in [1.165, 1.54) is 19.4 Å². The van der Waals surface area contributed by atoms with Crippen molar-refractivity contribution in [3.8, 4) is 0 Å². The molecule has 0 unspecified atom stereocenters. The maximum absolute atomic E-state index is 2.21. The zero-order valence-electron chi connectivity index (χ0n) is 6.72. The van der Waals surface area contributed by atoms with Gasteiger partial charge in [-0.2, -0.15) is 0 Å². The van der Waals surface area contributed by atoms with E-state index in [9.17, 15) is 0 Å². The van der Waals surface area contributed by atoms with E-state index in [4.69, 9.17) is 0 Å². The van der Waals surface area contributed by atoms with Crippen LogP contribution in [0.25, 0.3) is 0 Å². The average molecular weight is 127 g/mol. The van der Waals surface area contributed by atoms with E-state index in [0.717, 1.165) is 0 Å². The van der Waals surface area contributed by atoms with Crippen molar-refractivity contribution in [2.45, 2.75) is 26.7 Å². The Labute approximate surface area is 58.4 Å². The molecule has 1 nitrogen and oxygen atoms in total. The zero-order valence-corrected chi connectivity index (χ0v) is 6.72. The molecular formula is C8H17N. The Kier molecular flexibility index (Phi) is 5.38. The molecule has 0 rings (SSSR count). The molecule has 0 fully saturated rings. The predicted octanol–water partition coefficient (Wildman–Crippen LogP) is 2.25. The molecule has 54 valence electrons. The van der Waals surface area contributed by atoms with Crippen molar-refractivity contribution < 1.29 is 0 Å². The number of allylic oxidation sites excluding steroid dienone is 1. The van der Waals surface area contributed by atoms with E-state index in [2.05, 4.69) is 31.1 Å². The van der Waals surface area contributed by atoms with Crippen LogP contribution in [0.2, 0.25) is 0 Å². The van der Waals surface area contributed by atoms with Crippen LogP contribution in [-0.2, 0) is 0 Å². The minimum absolute atomic E-state index is 1.18. The highest BCUT2D eigenvalue weighted by Gasteiger charge is 1.86. The summed E-state index contributed by atoms with van der Waals surface area (Å²) in [7, 11) is 2.11. The molecule has 0 saturated heterocycles. The van der Waals surface area contributed by atoms with Crippen LogP contribution < -0.4 is 0 Å². The van der Waals surface area contributed by atoms with Crippen LogP contribution in [0.4, 0.5) is 0 Å². The Morgan fingerprint density at radius 2 is 2.11 bits per heavy atom. The Bertz CT molecular complexity index is 76.6. The number of unbranched alkanes of at least 4 members (excludes halogenated alkanes) is 1. The van der Waals surface area contributed by atoms with Crippen LogP contribution >= 0.6 is 0 Å². The van der Waals surface area contributed by atoms with Crippen molar-refractivity contribution >= 4 is 0 Å². The topological polar surface area (TPSA) is 3.24 Å². The fourth-order valence-corrected chi connectivity index (χ4v) is 0.737. The maximum Gasteiger partial charge on any atom is 0.0169 e. The Balaban J connectivity index is 3.15. The summed E-state index contributed by atoms with van der Waals surface area (Å²) in [5, 5.41) is 0. The highest BCUT2D eigenvalue weighted by atomic mass is 15.1. The molecule has 0 spiro atoms. The first kappa shape index (κ1) is 8.54. The van der Waals surface area contributed by atoms with Crippen molar-refractivity contribution in [3.05, 3.63) is 12.3 Å². The number of hydrogen-bond donors (Lipinski definition) is 0. The molecule has 0 aliphatic rings. The summed E-state index contributed by atoms with van der Waals surface area (Å²) >= 11 is 0. The number of nitrogens with zero attached hydrogens (tertiary/aromatic N) is 1. The molecule has 0 atom stereocenters. The molecule has 0 bridgehead atoms. The van der Waals surface area contributed by atoms with Crippen molar-refractivity contribution in [2.75, 3.05) is 13.6 Å². The van der Waals surface area contributed by atoms with E-state index >= 15 is 0 Å². The van der Waals surface area contributed by atoms with Crippen molar-refractivity contribution in [2.24, 2.45) is 0 Å². The van der Waals surface area contributed by atoms with Crippen molar-refractivity contribution in [1.82, 2.24) is 4.90 Å². The molecule has 0 aromatic carbocycles. The van der Waals surface area contributed by atoms with E-state index in [0.29, 0.717) is 0 Å². The summed E-state index contributed by atoms with van der Waals surface area (Å²) < 4.78 is 0. The molecule has 0 aromatic rings. The van der Waals surface area contributed by atoms with Crippen LogP contribution in [0.15, 0.2) is 12.3 Å². The molecule has 0 aromatic heterocycles. The Morgan fingerprint density at radius 1 is 1.44 bits per heavy atom. The molecule has 0 saturated carbocycles. The van der Waals surface area contributed by atoms with Gasteiger partial charge >= 0.3 is 0 Å². The van der Waals surface area contributed by atoms with Gasteiger partial charge in [0, 0.05) is 13.6 Å². The van der Waals surface area contributed by atoms with Gasteiger partial charge in [-0.1, -0.05) is 19.4 Å². The highest BCUT2D eigenvalue weighted by molar-refractivity contribution is 4.75. The zero-order chi connectivity index (χ0) is 7.11. The third-order valence-corrected chi connectivity index (χ3v) is 1.27. The van der Waals surface area contributed by atoms with Gasteiger partial charge in [0.05, 0.1) is 0 Å². The molecule has 0 aliphatic carbocycles.